The molecule has 36 nitrogen and oxygen atoms in total. The summed E-state index contributed by atoms with van der Waals surface area (Å²) in [7, 11) is -12.7. The molecule has 20 rings (SSSR count). The first kappa shape index (κ1) is 106. The minimum atomic E-state index is -4.90. The molecule has 12 aromatic carbocycles. The van der Waals surface area contributed by atoms with E-state index in [2.05, 4.69) is 67.7 Å². The van der Waals surface area contributed by atoms with E-state index in [4.69, 9.17) is 46.4 Å². The van der Waals surface area contributed by atoms with Crippen LogP contribution in [-0.4, -0.2) is 114 Å². The van der Waals surface area contributed by atoms with Gasteiger partial charge in [0.1, 0.15) is 38.4 Å². The summed E-state index contributed by atoms with van der Waals surface area (Å²) < 4.78 is 201. The summed E-state index contributed by atoms with van der Waals surface area (Å²) >= 11 is 33.9. The summed E-state index contributed by atoms with van der Waals surface area (Å²) in [5.74, 6) is -8.54. The van der Waals surface area contributed by atoms with Gasteiger partial charge in [-0.25, -0.2) is 103 Å². The molecule has 0 bridgehead atoms. The van der Waals surface area contributed by atoms with Crippen molar-refractivity contribution in [2.24, 2.45) is 28.2 Å². The van der Waals surface area contributed by atoms with Gasteiger partial charge in [0.25, 0.3) is 86.0 Å². The summed E-state index contributed by atoms with van der Waals surface area (Å²) in [6.45, 7) is 0. The van der Waals surface area contributed by atoms with E-state index >= 15 is 0 Å². The highest BCUT2D eigenvalue weighted by Gasteiger charge is 2.38. The number of sulfonamides is 4. The Bertz CT molecular complexity index is 10400. The van der Waals surface area contributed by atoms with Crippen LogP contribution < -0.4 is 63.9 Å². The molecule has 0 aliphatic heterocycles. The lowest BCUT2D eigenvalue weighted by Crippen LogP contribution is -2.37. The van der Waals surface area contributed by atoms with E-state index in [9.17, 15) is 118 Å². The Morgan fingerprint density at radius 3 is 0.907 bits per heavy atom. The average Bonchev–Trinajstić information content (AvgIpc) is 1.59. The number of H-pyrrole nitrogens is 4. The first-order chi connectivity index (χ1) is 70.8. The van der Waals surface area contributed by atoms with Gasteiger partial charge in [-0.3, -0.25) is 38.4 Å². The Morgan fingerprint density at radius 2 is 0.600 bits per heavy atom. The molecule has 8 N–H and O–H groups in total. The van der Waals surface area contributed by atoms with Crippen LogP contribution in [0.3, 0.4) is 0 Å². The highest BCUT2D eigenvalue weighted by molar-refractivity contribution is 9.11. The second kappa shape index (κ2) is 40.5. The van der Waals surface area contributed by atoms with Gasteiger partial charge in [-0.1, -0.05) is 133 Å². The third-order valence-corrected chi connectivity index (χ3v) is 31.7. The first-order valence-electron chi connectivity index (χ1n) is 42.7. The number of alkyl halides is 3. The molecule has 8 heterocycles. The van der Waals surface area contributed by atoms with Gasteiger partial charge in [0, 0.05) is 83.2 Å². The molecule has 0 spiro atoms. The maximum Gasteiger partial charge on any atom is 0.416 e. The Morgan fingerprint density at radius 1 is 0.300 bits per heavy atom. The highest BCUT2D eigenvalue weighted by Crippen LogP contribution is 2.39. The lowest BCUT2D eigenvalue weighted by atomic mass is 10.2. The van der Waals surface area contributed by atoms with E-state index in [1.54, 1.807) is 100 Å². The number of halogens is 13. The van der Waals surface area contributed by atoms with Crippen LogP contribution in [0.1, 0.15) is 47.5 Å². The van der Waals surface area contributed by atoms with Crippen LogP contribution in [0.15, 0.2) is 320 Å². The Balaban J connectivity index is 0.000000136. The number of carbonyl (C=O) groups is 4. The quantitative estimate of drug-likeness (QED) is 0.0416. The third kappa shape index (κ3) is 19.9. The fourth-order valence-electron chi connectivity index (χ4n) is 16.8. The second-order valence-corrected chi connectivity index (χ2v) is 43.7. The zero-order valence-electron chi connectivity index (χ0n) is 76.0. The third-order valence-electron chi connectivity index (χ3n) is 23.5. The molecule has 4 amide bonds. The molecule has 764 valence electrons. The van der Waals surface area contributed by atoms with E-state index in [1.165, 1.54) is 156 Å². The molecule has 0 fully saturated rings. The molecule has 0 saturated heterocycles. The molecular formula is C97H61Br3Cl4F6N16O20S4. The molecule has 20 aromatic rings. The van der Waals surface area contributed by atoms with Crippen molar-refractivity contribution in [3.05, 3.63) is 411 Å². The van der Waals surface area contributed by atoms with Gasteiger partial charge >= 0.3 is 28.9 Å². The van der Waals surface area contributed by atoms with Crippen LogP contribution in [0.2, 0.25) is 20.1 Å². The van der Waals surface area contributed by atoms with E-state index in [-0.39, 0.29) is 119 Å². The number of nitrogens with zero attached hydrogens (tertiary/aromatic N) is 8. The van der Waals surface area contributed by atoms with E-state index < -0.39 is 158 Å². The van der Waals surface area contributed by atoms with Gasteiger partial charge in [-0.2, -0.15) is 13.2 Å². The largest absolute Gasteiger partial charge is 0.416 e. The maximum atomic E-state index is 14.4. The zero-order chi connectivity index (χ0) is 108. The lowest BCUT2D eigenvalue weighted by molar-refractivity contribution is -0.137. The zero-order valence-corrected chi connectivity index (χ0v) is 87.0. The molecule has 53 heteroatoms. The van der Waals surface area contributed by atoms with E-state index in [0.717, 1.165) is 38.0 Å². The second-order valence-electron chi connectivity index (χ2n) is 32.6. The van der Waals surface area contributed by atoms with Gasteiger partial charge in [-0.05, 0) is 210 Å². The number of nitrogens with one attached hydrogen (secondary N) is 8. The van der Waals surface area contributed by atoms with Crippen LogP contribution >= 0.6 is 94.2 Å². The van der Waals surface area contributed by atoms with Crippen molar-refractivity contribution >= 4 is 245 Å². The highest BCUT2D eigenvalue weighted by atomic mass is 79.9. The number of hydrogen-bond donors (Lipinski definition) is 8. The molecule has 8 aromatic heterocycles. The summed E-state index contributed by atoms with van der Waals surface area (Å²) in [5, 5.41) is 2.54. The van der Waals surface area contributed by atoms with Crippen molar-refractivity contribution in [3.63, 3.8) is 0 Å². The molecule has 0 aliphatic rings. The summed E-state index contributed by atoms with van der Waals surface area (Å²) in [6.07, 6.45) is -4.85. The topological polar surface area (TPSA) is 492 Å². The van der Waals surface area contributed by atoms with Crippen molar-refractivity contribution in [3.8, 4) is 22.7 Å². The number of aryl methyl sites for hydroxylation is 4. The number of para-hydroxylation sites is 4. The number of amides is 4. The number of aromatic amines is 4. The average molecular weight is 2390 g/mol. The molecule has 0 unspecified atom stereocenters. The normalized spacial score (nSPS) is 11.9. The Labute approximate surface area is 880 Å². The molecule has 0 atom stereocenters. The number of aromatic nitrogens is 12. The van der Waals surface area contributed by atoms with Crippen molar-refractivity contribution in [2.75, 3.05) is 0 Å². The minimum absolute atomic E-state index is 0.0889. The van der Waals surface area contributed by atoms with Crippen LogP contribution in [0.4, 0.5) is 26.3 Å². The number of hydrogen-bond acceptors (Lipinski definition) is 20. The van der Waals surface area contributed by atoms with Crippen molar-refractivity contribution < 1.29 is 79.2 Å². The molecule has 150 heavy (non-hydrogen) atoms. The van der Waals surface area contributed by atoms with Crippen LogP contribution in [-0.2, 0) is 74.5 Å². The predicted octanol–water partition coefficient (Wildman–Crippen LogP) is 15.5. The van der Waals surface area contributed by atoms with Gasteiger partial charge in [0.2, 0.25) is 0 Å². The Hall–Kier alpha value is -15.6. The van der Waals surface area contributed by atoms with Crippen LogP contribution in [0.5, 0.6) is 0 Å². The number of benzene rings is 12. The monoisotopic (exact) mass is 2390 g/mol. The van der Waals surface area contributed by atoms with Gasteiger partial charge in [0.15, 0.2) is 11.6 Å². The molecule has 0 aliphatic carbocycles. The predicted molar refractivity (Wildman–Crippen MR) is 559 cm³/mol. The van der Waals surface area contributed by atoms with Crippen LogP contribution in [0, 0.1) is 17.5 Å². The van der Waals surface area contributed by atoms with E-state index in [1.807, 2.05) is 9.44 Å². The summed E-state index contributed by atoms with van der Waals surface area (Å²) in [5.41, 5.74) is -7.17. The van der Waals surface area contributed by atoms with Crippen molar-refractivity contribution in [2.45, 2.75) is 25.8 Å². The van der Waals surface area contributed by atoms with Gasteiger partial charge in [0.05, 0.1) is 104 Å². The Kier molecular flexibility index (Phi) is 28.5. The maximum absolute atomic E-state index is 14.4. The molecule has 0 radical (unpaired) electrons. The van der Waals surface area contributed by atoms with Gasteiger partial charge in [-0.15, -0.1) is 0 Å². The fourth-order valence-corrected chi connectivity index (χ4v) is 23.3. The number of rotatable bonds is 16. The SMILES string of the molecule is Cn1c(C(=O)NS(=O)(=O)c2cc(C(F)(F)F)ccc2Br)c(-n2c(=O)[nH]c3ccccc3c2=O)c2cc(Cl)ccc21.Cn1c(C(=O)NS(=O)(=O)c2ccc(Br)cc2F)c(-n2c(=O)[nH]c3ccccc3c2=O)c2cc(Cl)ccc21.Cn1c(C(=O)NS(=O)(=O)c2ccc(F)c(F)c2)c(-n2c(=O)[nH]c3ccccc3c2=O)c2cc(Cl)ccc21.Cn1c(C(=O)NS(=O)(=O)c2cccc(Br)c2)c(-n2c(=O)[nH]c3ccccc3c2=O)c2cc(Cl)ccc21. The fraction of sp³-hybridized carbons (Fsp3) is 0.0515. The standard InChI is InChI=1S/C25H15BrClF3N4O5S.C24H15BrClFN4O5S.C24H16BrClN4O5S.C24H15ClF2N4O5S/c1-33-18-9-7-13(27)11-15(18)20(34-23(36)14-4-2-3-5-17(14)31-24(34)37)21(33)22(35)32-40(38,39)19-10-12(25(28,29)30)6-8-16(19)26;1-30-18-8-7-13(26)11-15(18)20(31-23(33)14-4-2-3-5-17(14)28-24(31)34)21(30)22(32)29-37(35,36)19-9-6-12(25)10-16(19)27;1-29-19-10-9-14(26)12-17(19)20(30-23(32)16-7-2-3-8-18(16)27-24(30)33)21(29)22(31)28-36(34,35)15-6-4-5-13(25)11-15;1-30-19-9-6-12(25)10-15(19)20(31-23(33)14-4-2-3-5-18(14)28-24(31)34)21(30)22(32)29-37(35,36)13-7-8-16(26)17(27)11-13/h2-11H,1H3,(H,31,37)(H,32,35);2-11H,1H3,(H,28,34)(H,29,32);2-12H,1H3,(H,27,33)(H,28,31);2-11H,1H3,(H,28,34)(H,29,32). The minimum Gasteiger partial charge on any atom is -0.338 e. The number of carbonyl (C=O) groups excluding carboxylic acids is 4. The first-order valence-corrected chi connectivity index (χ1v) is 52.5. The smallest absolute Gasteiger partial charge is 0.338 e. The lowest BCUT2D eigenvalue weighted by Gasteiger charge is -2.14. The summed E-state index contributed by atoms with van der Waals surface area (Å²) in [6, 6.07) is 56.0. The van der Waals surface area contributed by atoms with Gasteiger partial charge < -0.3 is 38.2 Å². The molecular weight excluding hydrogens is 2330 g/mol. The van der Waals surface area contributed by atoms with Crippen molar-refractivity contribution in [1.29, 1.82) is 0 Å². The molecule has 0 saturated carbocycles. The van der Waals surface area contributed by atoms with Crippen molar-refractivity contribution in [1.82, 2.24) is 75.4 Å². The number of fused-ring (bicyclic) bond motifs is 8. The van der Waals surface area contributed by atoms with Crippen LogP contribution in [0.25, 0.3) is 110 Å². The summed E-state index contributed by atoms with van der Waals surface area (Å²) in [4.78, 5) is 168. The van der Waals surface area contributed by atoms with E-state index in [0.29, 0.717) is 75.8 Å².